The van der Waals surface area contributed by atoms with Crippen molar-refractivity contribution in [2.75, 3.05) is 31.5 Å². The summed E-state index contributed by atoms with van der Waals surface area (Å²) in [7, 11) is -2.14. The molecule has 16 heteroatoms. The molecule has 2 aromatic rings. The van der Waals surface area contributed by atoms with Crippen molar-refractivity contribution in [3.8, 4) is 0 Å². The zero-order valence-electron chi connectivity index (χ0n) is 23.3. The highest BCUT2D eigenvalue weighted by molar-refractivity contribution is 6.58. The fourth-order valence-electron chi connectivity index (χ4n) is 4.91. The van der Waals surface area contributed by atoms with Crippen LogP contribution in [0.1, 0.15) is 36.0 Å². The first-order valence-corrected chi connectivity index (χ1v) is 13.8. The normalized spacial score (nSPS) is 19.2. The summed E-state index contributed by atoms with van der Waals surface area (Å²) >= 11 is 0. The summed E-state index contributed by atoms with van der Waals surface area (Å²) in [6, 6.07) is 5.70. The van der Waals surface area contributed by atoms with E-state index in [1.54, 1.807) is 4.90 Å². The highest BCUT2D eigenvalue weighted by Gasteiger charge is 2.33. The maximum Gasteiger partial charge on any atom is 0.488 e. The third kappa shape index (κ3) is 11.0. The van der Waals surface area contributed by atoms with Crippen LogP contribution in [0.25, 0.3) is 0 Å². The second-order valence-electron chi connectivity index (χ2n) is 11.0. The topological polar surface area (TPSA) is 163 Å². The lowest BCUT2D eigenvalue weighted by Gasteiger charge is -2.34. The molecule has 0 unspecified atom stereocenters. The number of hydrogen-bond acceptors (Lipinski definition) is 8. The van der Waals surface area contributed by atoms with Crippen LogP contribution in [0.3, 0.4) is 0 Å². The summed E-state index contributed by atoms with van der Waals surface area (Å²) in [5, 5.41) is 24.9. The molecule has 1 fully saturated rings. The summed E-state index contributed by atoms with van der Waals surface area (Å²) in [5.41, 5.74) is 16.4. The van der Waals surface area contributed by atoms with Gasteiger partial charge in [-0.1, -0.05) is 18.2 Å². The van der Waals surface area contributed by atoms with E-state index in [0.717, 1.165) is 24.3 Å². The summed E-state index contributed by atoms with van der Waals surface area (Å²) in [4.78, 5) is 14.3. The number of likely N-dealkylation sites (tertiary alicyclic amines) is 1. The van der Waals surface area contributed by atoms with Gasteiger partial charge in [0, 0.05) is 62.5 Å². The Labute approximate surface area is 245 Å². The molecule has 9 nitrogen and oxygen atoms in total. The average molecular weight is 618 g/mol. The lowest BCUT2D eigenvalue weighted by atomic mass is 9.79. The third-order valence-electron chi connectivity index (χ3n) is 7.16. The lowest BCUT2D eigenvalue weighted by molar-refractivity contribution is -0.138. The SMILES string of the molecule is N[C@@H]1C[C@H](N)CN(C(=O)CC[C@H](N)CN[C@@H](CNc2cc(B(O)O)cc(C(F)(F)F)c2)Cc2ccc(C(F)(F)F)cc2)C1. The number of nitrogens with one attached hydrogen (secondary N) is 2. The number of amides is 1. The van der Waals surface area contributed by atoms with Crippen molar-refractivity contribution in [3.63, 3.8) is 0 Å². The van der Waals surface area contributed by atoms with Gasteiger partial charge in [0.2, 0.25) is 5.91 Å². The maximum atomic E-state index is 13.4. The van der Waals surface area contributed by atoms with Crippen LogP contribution in [0.4, 0.5) is 32.0 Å². The molecule has 1 amide bonds. The standard InChI is InChI=1S/C27H37BF6N6O3/c29-26(30,31)17-3-1-16(2-4-17)7-24(13-39-23-9-18(27(32,33)34)8-19(10-23)28(42)43)38-12-20(35)5-6-25(41)40-14-21(36)11-22(37)15-40/h1-4,8-10,20-22,24,38-39,42-43H,5-7,11-15,35-37H2/t20-,21-,22+,24+/m0/s1. The molecule has 1 heterocycles. The molecular formula is C27H37BF6N6O3. The van der Waals surface area contributed by atoms with Crippen LogP contribution in [-0.2, 0) is 23.6 Å². The number of carbonyl (C=O) groups excluding carboxylic acids is 1. The number of hydrogen-bond donors (Lipinski definition) is 7. The zero-order chi connectivity index (χ0) is 31.9. The molecule has 0 radical (unpaired) electrons. The van der Waals surface area contributed by atoms with Gasteiger partial charge in [-0.15, -0.1) is 0 Å². The van der Waals surface area contributed by atoms with E-state index in [0.29, 0.717) is 37.6 Å². The number of nitrogens with zero attached hydrogens (tertiary/aromatic N) is 1. The smallest absolute Gasteiger partial charge is 0.423 e. The molecule has 0 aliphatic carbocycles. The number of nitrogens with two attached hydrogens (primary N) is 3. The van der Waals surface area contributed by atoms with E-state index < -0.39 is 42.7 Å². The van der Waals surface area contributed by atoms with Crippen LogP contribution < -0.4 is 33.3 Å². The van der Waals surface area contributed by atoms with E-state index in [1.165, 1.54) is 12.1 Å². The fourth-order valence-corrected chi connectivity index (χ4v) is 4.91. The first kappa shape index (κ1) is 34.6. The number of piperidine rings is 1. The van der Waals surface area contributed by atoms with Crippen molar-refractivity contribution < 1.29 is 41.2 Å². The molecule has 1 aliphatic heterocycles. The number of anilines is 1. The monoisotopic (exact) mass is 618 g/mol. The number of carbonyl (C=O) groups is 1. The highest BCUT2D eigenvalue weighted by Crippen LogP contribution is 2.31. The third-order valence-corrected chi connectivity index (χ3v) is 7.16. The van der Waals surface area contributed by atoms with Crippen LogP contribution in [0.2, 0.25) is 0 Å². The quantitative estimate of drug-likeness (QED) is 0.137. The van der Waals surface area contributed by atoms with Crippen molar-refractivity contribution in [2.45, 2.75) is 62.2 Å². The second kappa shape index (κ2) is 14.7. The maximum absolute atomic E-state index is 13.4. The molecule has 0 bridgehead atoms. The van der Waals surface area contributed by atoms with E-state index in [1.807, 2.05) is 0 Å². The lowest BCUT2D eigenvalue weighted by Crippen LogP contribution is -2.54. The highest BCUT2D eigenvalue weighted by atomic mass is 19.4. The predicted molar refractivity (Wildman–Crippen MR) is 151 cm³/mol. The molecule has 0 spiro atoms. The second-order valence-corrected chi connectivity index (χ2v) is 11.0. The zero-order valence-corrected chi connectivity index (χ0v) is 23.3. The predicted octanol–water partition coefficient (Wildman–Crippen LogP) is 1.01. The Kier molecular flexibility index (Phi) is 11.9. The van der Waals surface area contributed by atoms with E-state index in [9.17, 15) is 41.2 Å². The first-order valence-electron chi connectivity index (χ1n) is 13.8. The van der Waals surface area contributed by atoms with Gasteiger partial charge in [0.15, 0.2) is 0 Å². The Morgan fingerprint density at radius 2 is 1.56 bits per heavy atom. The molecule has 1 saturated heterocycles. The van der Waals surface area contributed by atoms with Crippen LogP contribution in [0.5, 0.6) is 0 Å². The van der Waals surface area contributed by atoms with Crippen molar-refractivity contribution in [3.05, 3.63) is 59.2 Å². The average Bonchev–Trinajstić information content (AvgIpc) is 2.91. The number of rotatable bonds is 12. The number of alkyl halides is 6. The number of benzene rings is 2. The van der Waals surface area contributed by atoms with E-state index >= 15 is 0 Å². The van der Waals surface area contributed by atoms with E-state index in [4.69, 9.17) is 17.2 Å². The van der Waals surface area contributed by atoms with Crippen LogP contribution in [-0.4, -0.2) is 78.3 Å². The van der Waals surface area contributed by atoms with Gasteiger partial charge in [0.1, 0.15) is 0 Å². The van der Waals surface area contributed by atoms with Crippen molar-refractivity contribution in [1.29, 1.82) is 0 Å². The van der Waals surface area contributed by atoms with Crippen molar-refractivity contribution >= 4 is 24.2 Å². The summed E-state index contributed by atoms with van der Waals surface area (Å²) in [6.45, 7) is 1.03. The van der Waals surface area contributed by atoms with Crippen molar-refractivity contribution in [1.82, 2.24) is 10.2 Å². The first-order chi connectivity index (χ1) is 20.0. The summed E-state index contributed by atoms with van der Waals surface area (Å²) in [5.74, 6) is -0.129. The molecule has 238 valence electrons. The molecule has 3 rings (SSSR count). The van der Waals surface area contributed by atoms with E-state index in [2.05, 4.69) is 10.6 Å². The Morgan fingerprint density at radius 3 is 2.12 bits per heavy atom. The van der Waals surface area contributed by atoms with Gasteiger partial charge in [0.25, 0.3) is 0 Å². The molecular weight excluding hydrogens is 581 g/mol. The Bertz CT molecular complexity index is 1190. The van der Waals surface area contributed by atoms with Crippen LogP contribution >= 0.6 is 0 Å². The van der Waals surface area contributed by atoms with Crippen LogP contribution in [0, 0.1) is 0 Å². The Balaban J connectivity index is 1.67. The van der Waals surface area contributed by atoms with Gasteiger partial charge in [-0.05, 0) is 54.6 Å². The fraction of sp³-hybridized carbons (Fsp3) is 0.519. The molecule has 4 atom stereocenters. The van der Waals surface area contributed by atoms with Crippen molar-refractivity contribution in [2.24, 2.45) is 17.2 Å². The van der Waals surface area contributed by atoms with Crippen LogP contribution in [0.15, 0.2) is 42.5 Å². The Morgan fingerprint density at radius 1 is 0.953 bits per heavy atom. The van der Waals surface area contributed by atoms with Gasteiger partial charge < -0.3 is 42.8 Å². The largest absolute Gasteiger partial charge is 0.488 e. The van der Waals surface area contributed by atoms with Gasteiger partial charge >= 0.3 is 19.5 Å². The minimum atomic E-state index is -4.74. The minimum absolute atomic E-state index is 0.0124. The summed E-state index contributed by atoms with van der Waals surface area (Å²) < 4.78 is 79.1. The molecule has 0 saturated carbocycles. The Hall–Kier alpha value is -2.89. The molecule has 10 N–H and O–H groups in total. The van der Waals surface area contributed by atoms with Gasteiger partial charge in [-0.25, -0.2) is 0 Å². The molecule has 2 aromatic carbocycles. The molecule has 0 aromatic heterocycles. The van der Waals surface area contributed by atoms with E-state index in [-0.39, 0.29) is 55.1 Å². The van der Waals surface area contributed by atoms with Gasteiger partial charge in [-0.3, -0.25) is 4.79 Å². The van der Waals surface area contributed by atoms with Gasteiger partial charge in [-0.2, -0.15) is 26.3 Å². The van der Waals surface area contributed by atoms with Gasteiger partial charge in [0.05, 0.1) is 11.1 Å². The molecule has 43 heavy (non-hydrogen) atoms. The minimum Gasteiger partial charge on any atom is -0.423 e. The summed E-state index contributed by atoms with van der Waals surface area (Å²) in [6.07, 6.45) is -7.96. The molecule has 1 aliphatic rings. The number of halogens is 6.